The Morgan fingerprint density at radius 1 is 1.07 bits per heavy atom. The molecule has 2 aliphatic heterocycles. The summed E-state index contributed by atoms with van der Waals surface area (Å²) in [5.74, 6) is 2.40. The molecular weight excluding hydrogens is 344 g/mol. The smallest absolute Gasteiger partial charge is 0.257 e. The minimum absolute atomic E-state index is 0.208. The second kappa shape index (κ2) is 7.44. The topological polar surface area (TPSA) is 75.7 Å². The van der Waals surface area contributed by atoms with Crippen molar-refractivity contribution in [2.75, 3.05) is 50.6 Å². The second-order valence-electron chi connectivity index (χ2n) is 7.07. The van der Waals surface area contributed by atoms with Gasteiger partial charge in [-0.2, -0.15) is 0 Å². The second-order valence-corrected chi connectivity index (χ2v) is 7.07. The number of rotatable bonds is 5. The molecule has 4 rings (SSSR count). The van der Waals surface area contributed by atoms with E-state index in [1.54, 1.807) is 38.6 Å². The highest BCUT2D eigenvalue weighted by Gasteiger charge is 2.36. The highest BCUT2D eigenvalue weighted by Crippen LogP contribution is 2.31. The van der Waals surface area contributed by atoms with Crippen LogP contribution in [0, 0.1) is 11.8 Å². The van der Waals surface area contributed by atoms with Crippen LogP contribution in [0.5, 0.6) is 11.5 Å². The van der Waals surface area contributed by atoms with Crippen molar-refractivity contribution in [1.29, 1.82) is 0 Å². The number of hydrogen-bond donors (Lipinski definition) is 2. The van der Waals surface area contributed by atoms with Crippen molar-refractivity contribution in [2.24, 2.45) is 11.8 Å². The third-order valence-corrected chi connectivity index (χ3v) is 5.35. The minimum Gasteiger partial charge on any atom is -0.497 e. The summed E-state index contributed by atoms with van der Waals surface area (Å²) in [4.78, 5) is 19.3. The van der Waals surface area contributed by atoms with Crippen LogP contribution >= 0.6 is 0 Å². The minimum atomic E-state index is -0.208. The summed E-state index contributed by atoms with van der Waals surface area (Å²) in [6.45, 7) is 4.17. The van der Waals surface area contributed by atoms with Gasteiger partial charge in [0.2, 0.25) is 0 Å². The van der Waals surface area contributed by atoms with Crippen molar-refractivity contribution >= 4 is 17.3 Å². The lowest BCUT2D eigenvalue weighted by Crippen LogP contribution is -2.26. The van der Waals surface area contributed by atoms with Crippen LogP contribution < -0.4 is 25.0 Å². The van der Waals surface area contributed by atoms with E-state index in [0.29, 0.717) is 34.6 Å². The zero-order valence-electron chi connectivity index (χ0n) is 15.6. The number of pyridine rings is 1. The van der Waals surface area contributed by atoms with Gasteiger partial charge in [-0.05, 0) is 17.9 Å². The molecule has 1 aromatic carbocycles. The van der Waals surface area contributed by atoms with Crippen LogP contribution in [0.1, 0.15) is 10.4 Å². The number of benzene rings is 1. The predicted molar refractivity (Wildman–Crippen MR) is 104 cm³/mol. The largest absolute Gasteiger partial charge is 0.497 e. The van der Waals surface area contributed by atoms with E-state index in [1.807, 2.05) is 12.3 Å². The number of amides is 1. The Morgan fingerprint density at radius 3 is 2.37 bits per heavy atom. The first-order valence-corrected chi connectivity index (χ1v) is 9.11. The van der Waals surface area contributed by atoms with Gasteiger partial charge in [-0.1, -0.05) is 0 Å². The van der Waals surface area contributed by atoms with Gasteiger partial charge in [0.1, 0.15) is 11.5 Å². The van der Waals surface area contributed by atoms with E-state index in [4.69, 9.17) is 9.47 Å². The molecule has 2 atom stereocenters. The predicted octanol–water partition coefficient (Wildman–Crippen LogP) is 2.01. The van der Waals surface area contributed by atoms with Crippen LogP contribution in [0.4, 0.5) is 11.4 Å². The molecule has 27 heavy (non-hydrogen) atoms. The number of anilines is 2. The molecule has 7 heteroatoms. The van der Waals surface area contributed by atoms with Gasteiger partial charge in [0.25, 0.3) is 5.91 Å². The average molecular weight is 368 g/mol. The summed E-state index contributed by atoms with van der Waals surface area (Å²) in [6, 6.07) is 7.18. The molecule has 0 radical (unpaired) electrons. The van der Waals surface area contributed by atoms with E-state index >= 15 is 0 Å². The lowest BCUT2D eigenvalue weighted by atomic mass is 10.0. The maximum atomic E-state index is 12.7. The Morgan fingerprint density at radius 2 is 1.74 bits per heavy atom. The van der Waals surface area contributed by atoms with Crippen molar-refractivity contribution in [1.82, 2.24) is 10.3 Å². The van der Waals surface area contributed by atoms with Gasteiger partial charge >= 0.3 is 0 Å². The van der Waals surface area contributed by atoms with Crippen molar-refractivity contribution in [3.8, 4) is 11.5 Å². The number of nitrogens with one attached hydrogen (secondary N) is 2. The normalized spacial score (nSPS) is 21.0. The molecule has 2 aromatic rings. The third kappa shape index (κ3) is 3.68. The van der Waals surface area contributed by atoms with Gasteiger partial charge in [-0.25, -0.2) is 0 Å². The molecule has 7 nitrogen and oxygen atoms in total. The molecule has 1 amide bonds. The molecule has 2 fully saturated rings. The number of fused-ring (bicyclic) bond motifs is 1. The first kappa shape index (κ1) is 17.6. The van der Waals surface area contributed by atoms with Crippen molar-refractivity contribution in [3.63, 3.8) is 0 Å². The summed E-state index contributed by atoms with van der Waals surface area (Å²) in [5.41, 5.74) is 2.15. The first-order chi connectivity index (χ1) is 13.2. The standard InChI is InChI=1S/C20H24N4O3/c1-26-18-4-16(5-19(6-18)27-2)23-20(25)13-3-17(10-22-7-13)24-11-14-8-21-9-15(14)12-24/h3-7,10,14-15,21H,8-9,11-12H2,1-2H3,(H,23,25)/t14-,15+. The molecule has 142 valence electrons. The van der Waals surface area contributed by atoms with E-state index in [0.717, 1.165) is 31.9 Å². The number of aromatic nitrogens is 1. The van der Waals surface area contributed by atoms with E-state index in [9.17, 15) is 4.79 Å². The van der Waals surface area contributed by atoms with Gasteiger partial charge in [0.05, 0.1) is 31.7 Å². The van der Waals surface area contributed by atoms with Crippen molar-refractivity contribution in [3.05, 3.63) is 42.2 Å². The SMILES string of the molecule is COc1cc(NC(=O)c2cncc(N3C[C@H]4CNC[C@H]4C3)c2)cc(OC)c1. The molecule has 2 N–H and O–H groups in total. The summed E-state index contributed by atoms with van der Waals surface area (Å²) in [5, 5.41) is 6.34. The van der Waals surface area contributed by atoms with E-state index in [1.165, 1.54) is 0 Å². The molecule has 0 saturated carbocycles. The number of carbonyl (C=O) groups is 1. The van der Waals surface area contributed by atoms with Crippen LogP contribution in [0.3, 0.4) is 0 Å². The maximum Gasteiger partial charge on any atom is 0.257 e. The van der Waals surface area contributed by atoms with Crippen LogP contribution in [-0.2, 0) is 0 Å². The lowest BCUT2D eigenvalue weighted by Gasteiger charge is -2.20. The molecule has 1 aromatic heterocycles. The molecule has 0 unspecified atom stereocenters. The molecule has 2 saturated heterocycles. The molecular formula is C20H24N4O3. The Kier molecular flexibility index (Phi) is 4.85. The molecule has 0 spiro atoms. The highest BCUT2D eigenvalue weighted by atomic mass is 16.5. The fraction of sp³-hybridized carbons (Fsp3) is 0.400. The zero-order chi connectivity index (χ0) is 18.8. The quantitative estimate of drug-likeness (QED) is 0.841. The Bertz CT molecular complexity index is 807. The van der Waals surface area contributed by atoms with Gasteiger partial charge in [0.15, 0.2) is 0 Å². The lowest BCUT2D eigenvalue weighted by molar-refractivity contribution is 0.102. The van der Waals surface area contributed by atoms with Gasteiger partial charge in [-0.3, -0.25) is 9.78 Å². The maximum absolute atomic E-state index is 12.7. The average Bonchev–Trinajstić information content (AvgIpc) is 3.30. The van der Waals surface area contributed by atoms with E-state index in [-0.39, 0.29) is 5.91 Å². The van der Waals surface area contributed by atoms with E-state index in [2.05, 4.69) is 20.5 Å². The Hall–Kier alpha value is -2.80. The molecule has 0 bridgehead atoms. The number of methoxy groups -OCH3 is 2. The summed E-state index contributed by atoms with van der Waals surface area (Å²) >= 11 is 0. The fourth-order valence-corrected chi connectivity index (χ4v) is 3.87. The van der Waals surface area contributed by atoms with Crippen molar-refractivity contribution in [2.45, 2.75) is 0 Å². The first-order valence-electron chi connectivity index (χ1n) is 9.11. The van der Waals surface area contributed by atoms with Gasteiger partial charge < -0.3 is 25.0 Å². The number of carbonyl (C=O) groups excluding carboxylic acids is 1. The Labute approximate surface area is 158 Å². The van der Waals surface area contributed by atoms with Gasteiger partial charge in [0, 0.05) is 56.3 Å². The zero-order valence-corrected chi connectivity index (χ0v) is 15.6. The van der Waals surface area contributed by atoms with E-state index < -0.39 is 0 Å². The van der Waals surface area contributed by atoms with Crippen LogP contribution in [-0.4, -0.2) is 51.3 Å². The van der Waals surface area contributed by atoms with Gasteiger partial charge in [-0.15, -0.1) is 0 Å². The molecule has 3 heterocycles. The van der Waals surface area contributed by atoms with Crippen molar-refractivity contribution < 1.29 is 14.3 Å². The number of hydrogen-bond acceptors (Lipinski definition) is 6. The Balaban J connectivity index is 1.50. The fourth-order valence-electron chi connectivity index (χ4n) is 3.87. The third-order valence-electron chi connectivity index (χ3n) is 5.35. The highest BCUT2D eigenvalue weighted by molar-refractivity contribution is 6.04. The van der Waals surface area contributed by atoms with Crippen LogP contribution in [0.15, 0.2) is 36.7 Å². The number of ether oxygens (including phenoxy) is 2. The summed E-state index contributed by atoms with van der Waals surface area (Å²) in [7, 11) is 3.16. The molecule has 0 aliphatic carbocycles. The van der Waals surface area contributed by atoms with Crippen LogP contribution in [0.2, 0.25) is 0 Å². The summed E-state index contributed by atoms with van der Waals surface area (Å²) < 4.78 is 10.5. The van der Waals surface area contributed by atoms with Crippen LogP contribution in [0.25, 0.3) is 0 Å². The monoisotopic (exact) mass is 368 g/mol. The summed E-state index contributed by atoms with van der Waals surface area (Å²) in [6.07, 6.45) is 3.43. The number of nitrogens with zero attached hydrogens (tertiary/aromatic N) is 2. The molecule has 2 aliphatic rings.